The molecule has 5 heteroatoms. The lowest BCUT2D eigenvalue weighted by Gasteiger charge is -2.25. The van der Waals surface area contributed by atoms with Crippen molar-refractivity contribution in [3.63, 3.8) is 0 Å². The molecular formula is C13H14BrN3O. The van der Waals surface area contributed by atoms with Gasteiger partial charge in [0, 0.05) is 17.3 Å². The van der Waals surface area contributed by atoms with E-state index in [4.69, 9.17) is 4.52 Å². The molecule has 18 heavy (non-hydrogen) atoms. The van der Waals surface area contributed by atoms with E-state index in [9.17, 15) is 0 Å². The van der Waals surface area contributed by atoms with Gasteiger partial charge in [0.2, 0.25) is 5.89 Å². The quantitative estimate of drug-likeness (QED) is 0.940. The van der Waals surface area contributed by atoms with Crippen molar-refractivity contribution >= 4 is 15.9 Å². The Morgan fingerprint density at radius 3 is 3.00 bits per heavy atom. The second-order valence-electron chi connectivity index (χ2n) is 4.64. The van der Waals surface area contributed by atoms with Crippen molar-refractivity contribution in [3.8, 4) is 0 Å². The Morgan fingerprint density at radius 2 is 2.28 bits per heavy atom. The average molecular weight is 308 g/mol. The standard InChI is InChI=1S/C13H14BrN3O/c14-11-3-1-2-9(4-11)5-12-16-13(18-17-12)6-10-7-15-8-10/h1-4,10,15H,5-8H2. The van der Waals surface area contributed by atoms with Crippen LogP contribution in [0.1, 0.15) is 17.3 Å². The molecular weight excluding hydrogens is 294 g/mol. The van der Waals surface area contributed by atoms with Crippen LogP contribution >= 0.6 is 15.9 Å². The maximum Gasteiger partial charge on any atom is 0.227 e. The van der Waals surface area contributed by atoms with Crippen molar-refractivity contribution in [2.45, 2.75) is 12.8 Å². The molecule has 2 aromatic rings. The molecule has 1 fully saturated rings. The van der Waals surface area contributed by atoms with Gasteiger partial charge in [-0.2, -0.15) is 4.98 Å². The molecule has 0 amide bonds. The minimum atomic E-state index is 0.657. The Labute approximate surface area is 114 Å². The van der Waals surface area contributed by atoms with Crippen molar-refractivity contribution in [1.82, 2.24) is 15.5 Å². The van der Waals surface area contributed by atoms with Crippen LogP contribution in [-0.2, 0) is 12.8 Å². The van der Waals surface area contributed by atoms with Crippen LogP contribution in [0.2, 0.25) is 0 Å². The molecule has 1 aromatic heterocycles. The van der Waals surface area contributed by atoms with Crippen LogP contribution in [0.5, 0.6) is 0 Å². The third kappa shape index (κ3) is 2.79. The monoisotopic (exact) mass is 307 g/mol. The van der Waals surface area contributed by atoms with Gasteiger partial charge in [-0.25, -0.2) is 0 Å². The maximum atomic E-state index is 5.27. The van der Waals surface area contributed by atoms with Crippen LogP contribution < -0.4 is 5.32 Å². The Kier molecular flexibility index (Phi) is 3.43. The summed E-state index contributed by atoms with van der Waals surface area (Å²) in [5.41, 5.74) is 1.18. The van der Waals surface area contributed by atoms with E-state index in [0.29, 0.717) is 12.3 Å². The molecule has 1 aromatic carbocycles. The van der Waals surface area contributed by atoms with E-state index in [-0.39, 0.29) is 0 Å². The molecule has 0 aliphatic carbocycles. The summed E-state index contributed by atoms with van der Waals surface area (Å²) in [5.74, 6) is 2.17. The van der Waals surface area contributed by atoms with Crippen LogP contribution in [0.4, 0.5) is 0 Å². The van der Waals surface area contributed by atoms with Gasteiger partial charge in [-0.05, 0) is 36.7 Å². The van der Waals surface area contributed by atoms with Crippen LogP contribution in [0.15, 0.2) is 33.3 Å². The summed E-state index contributed by atoms with van der Waals surface area (Å²) < 4.78 is 6.35. The third-order valence-corrected chi connectivity index (χ3v) is 3.58. The average Bonchev–Trinajstić information content (AvgIpc) is 2.71. The van der Waals surface area contributed by atoms with E-state index in [1.807, 2.05) is 12.1 Å². The fourth-order valence-electron chi connectivity index (χ4n) is 2.01. The minimum Gasteiger partial charge on any atom is -0.339 e. The topological polar surface area (TPSA) is 51.0 Å². The molecule has 0 radical (unpaired) electrons. The summed E-state index contributed by atoms with van der Waals surface area (Å²) in [6.07, 6.45) is 1.60. The van der Waals surface area contributed by atoms with Gasteiger partial charge < -0.3 is 9.84 Å². The van der Waals surface area contributed by atoms with E-state index >= 15 is 0 Å². The molecule has 0 spiro atoms. The molecule has 2 heterocycles. The van der Waals surface area contributed by atoms with Gasteiger partial charge in [-0.15, -0.1) is 0 Å². The molecule has 0 bridgehead atoms. The minimum absolute atomic E-state index is 0.657. The highest BCUT2D eigenvalue weighted by Crippen LogP contribution is 2.15. The number of nitrogens with one attached hydrogen (secondary N) is 1. The zero-order valence-corrected chi connectivity index (χ0v) is 11.5. The summed E-state index contributed by atoms with van der Waals surface area (Å²) in [7, 11) is 0. The largest absolute Gasteiger partial charge is 0.339 e. The van der Waals surface area contributed by atoms with Crippen LogP contribution in [0.3, 0.4) is 0 Å². The predicted molar refractivity (Wildman–Crippen MR) is 71.3 cm³/mol. The maximum absolute atomic E-state index is 5.27. The second kappa shape index (κ2) is 5.20. The first-order valence-corrected chi connectivity index (χ1v) is 6.85. The number of rotatable bonds is 4. The lowest BCUT2D eigenvalue weighted by atomic mass is 10.00. The lowest BCUT2D eigenvalue weighted by Crippen LogP contribution is -2.43. The summed E-state index contributed by atoms with van der Waals surface area (Å²) in [6.45, 7) is 2.12. The Balaban J connectivity index is 1.65. The number of halogens is 1. The Bertz CT molecular complexity index is 537. The van der Waals surface area contributed by atoms with Crippen molar-refractivity contribution in [1.29, 1.82) is 0 Å². The van der Waals surface area contributed by atoms with Crippen molar-refractivity contribution in [2.75, 3.05) is 13.1 Å². The van der Waals surface area contributed by atoms with Crippen LogP contribution in [0.25, 0.3) is 0 Å². The first-order chi connectivity index (χ1) is 8.79. The summed E-state index contributed by atoms with van der Waals surface area (Å²) in [4.78, 5) is 4.44. The van der Waals surface area contributed by atoms with E-state index < -0.39 is 0 Å². The van der Waals surface area contributed by atoms with Gasteiger partial charge in [-0.1, -0.05) is 33.2 Å². The lowest BCUT2D eigenvalue weighted by molar-refractivity contribution is 0.295. The van der Waals surface area contributed by atoms with Gasteiger partial charge in [0.15, 0.2) is 5.82 Å². The number of benzene rings is 1. The molecule has 0 saturated carbocycles. The van der Waals surface area contributed by atoms with Gasteiger partial charge in [0.1, 0.15) is 0 Å². The first kappa shape index (κ1) is 11.9. The highest BCUT2D eigenvalue weighted by Gasteiger charge is 2.20. The van der Waals surface area contributed by atoms with E-state index in [1.165, 1.54) is 5.56 Å². The fourth-order valence-corrected chi connectivity index (χ4v) is 2.46. The number of hydrogen-bond acceptors (Lipinski definition) is 4. The van der Waals surface area contributed by atoms with E-state index in [1.54, 1.807) is 0 Å². The second-order valence-corrected chi connectivity index (χ2v) is 5.56. The van der Waals surface area contributed by atoms with Crippen LogP contribution in [-0.4, -0.2) is 23.2 Å². The molecule has 1 aliphatic heterocycles. The molecule has 94 valence electrons. The van der Waals surface area contributed by atoms with Gasteiger partial charge in [-0.3, -0.25) is 0 Å². The van der Waals surface area contributed by atoms with Gasteiger partial charge in [0.25, 0.3) is 0 Å². The number of aromatic nitrogens is 2. The van der Waals surface area contributed by atoms with Gasteiger partial charge in [0.05, 0.1) is 0 Å². The molecule has 0 unspecified atom stereocenters. The van der Waals surface area contributed by atoms with E-state index in [0.717, 1.165) is 35.7 Å². The zero-order valence-electron chi connectivity index (χ0n) is 9.90. The van der Waals surface area contributed by atoms with Crippen molar-refractivity contribution in [3.05, 3.63) is 46.0 Å². The summed E-state index contributed by atoms with van der Waals surface area (Å²) in [5, 5.41) is 7.27. The molecule has 1 saturated heterocycles. The summed E-state index contributed by atoms with van der Waals surface area (Å²) >= 11 is 3.46. The van der Waals surface area contributed by atoms with E-state index in [2.05, 4.69) is 43.5 Å². The van der Waals surface area contributed by atoms with Crippen molar-refractivity contribution in [2.24, 2.45) is 5.92 Å². The first-order valence-electron chi connectivity index (χ1n) is 6.06. The van der Waals surface area contributed by atoms with Gasteiger partial charge >= 0.3 is 0 Å². The molecule has 4 nitrogen and oxygen atoms in total. The third-order valence-electron chi connectivity index (χ3n) is 3.09. The zero-order chi connectivity index (χ0) is 12.4. The summed E-state index contributed by atoms with van der Waals surface area (Å²) in [6, 6.07) is 8.16. The van der Waals surface area contributed by atoms with Crippen molar-refractivity contribution < 1.29 is 4.52 Å². The highest BCUT2D eigenvalue weighted by molar-refractivity contribution is 9.10. The SMILES string of the molecule is Brc1cccc(Cc2noc(CC3CNC3)n2)c1. The Morgan fingerprint density at radius 1 is 1.39 bits per heavy atom. The predicted octanol–water partition coefficient (Wildman–Crippen LogP) is 2.18. The van der Waals surface area contributed by atoms with Crippen LogP contribution in [0, 0.1) is 5.92 Å². The fraction of sp³-hybridized carbons (Fsp3) is 0.385. The molecule has 1 aliphatic rings. The molecule has 3 rings (SSSR count). The normalized spacial score (nSPS) is 15.6. The number of nitrogens with zero attached hydrogens (tertiary/aromatic N) is 2. The Hall–Kier alpha value is -1.20. The molecule has 1 N–H and O–H groups in total. The molecule has 0 atom stereocenters. The smallest absolute Gasteiger partial charge is 0.227 e. The highest BCUT2D eigenvalue weighted by atomic mass is 79.9. The number of hydrogen-bond donors (Lipinski definition) is 1.